The van der Waals surface area contributed by atoms with Gasteiger partial charge in [0.15, 0.2) is 0 Å². The molecule has 1 amide bonds. The lowest BCUT2D eigenvalue weighted by atomic mass is 9.77. The fraction of sp³-hybridized carbons (Fsp3) is 0.588. The molecule has 1 unspecified atom stereocenters. The third kappa shape index (κ3) is 2.77. The maximum absolute atomic E-state index is 11.7. The lowest BCUT2D eigenvalue weighted by Crippen LogP contribution is -2.43. The van der Waals surface area contributed by atoms with Gasteiger partial charge in [-0.15, -0.1) is 0 Å². The van der Waals surface area contributed by atoms with Gasteiger partial charge in [0.1, 0.15) is 0 Å². The first-order chi connectivity index (χ1) is 10.2. The molecule has 0 bridgehead atoms. The summed E-state index contributed by atoms with van der Waals surface area (Å²) in [6.07, 6.45) is 6.04. The average Bonchev–Trinajstić information content (AvgIpc) is 2.53. The molecule has 1 atom stereocenters. The van der Waals surface area contributed by atoms with Crippen LogP contribution in [-0.4, -0.2) is 22.6 Å². The predicted octanol–water partition coefficient (Wildman–Crippen LogP) is 3.30. The molecule has 1 saturated carbocycles. The molecule has 4 heteroatoms. The lowest BCUT2D eigenvalue weighted by Gasteiger charge is -2.41. The van der Waals surface area contributed by atoms with Crippen LogP contribution >= 0.6 is 0 Å². The Morgan fingerprint density at radius 1 is 1.29 bits per heavy atom. The average molecular weight is 288 g/mol. The summed E-state index contributed by atoms with van der Waals surface area (Å²) in [6.45, 7) is 1.13. The van der Waals surface area contributed by atoms with Crippen molar-refractivity contribution in [2.75, 3.05) is 6.54 Å². The molecular weight excluding hydrogens is 264 g/mol. The molecule has 21 heavy (non-hydrogen) atoms. The number of fused-ring (bicyclic) bond motifs is 1. The first-order valence-corrected chi connectivity index (χ1v) is 8.02. The van der Waals surface area contributed by atoms with E-state index in [-0.39, 0.29) is 6.04 Å². The summed E-state index contributed by atoms with van der Waals surface area (Å²) in [5.74, 6) is 0.460. The van der Waals surface area contributed by atoms with Crippen LogP contribution in [0.2, 0.25) is 0 Å². The van der Waals surface area contributed by atoms with Crippen molar-refractivity contribution in [1.82, 2.24) is 4.90 Å². The summed E-state index contributed by atoms with van der Waals surface area (Å²) in [7, 11) is 0. The highest BCUT2D eigenvalue weighted by molar-refractivity contribution is 5.66. The second-order valence-corrected chi connectivity index (χ2v) is 6.31. The zero-order chi connectivity index (χ0) is 14.8. The number of nitrogens with two attached hydrogens (primary N) is 1. The number of amides is 1. The summed E-state index contributed by atoms with van der Waals surface area (Å²) in [5.41, 5.74) is 9.38. The molecule has 0 saturated heterocycles. The van der Waals surface area contributed by atoms with Gasteiger partial charge in [-0.3, -0.25) is 0 Å². The molecule has 0 spiro atoms. The first kappa shape index (κ1) is 14.4. The first-order valence-electron chi connectivity index (χ1n) is 8.02. The Morgan fingerprint density at radius 3 is 2.71 bits per heavy atom. The summed E-state index contributed by atoms with van der Waals surface area (Å²) >= 11 is 0. The fourth-order valence-electron chi connectivity index (χ4n) is 4.00. The van der Waals surface area contributed by atoms with Crippen LogP contribution in [0.5, 0.6) is 0 Å². The number of carbonyl (C=O) groups is 1. The Labute approximate surface area is 125 Å². The largest absolute Gasteiger partial charge is 0.465 e. The van der Waals surface area contributed by atoms with E-state index >= 15 is 0 Å². The van der Waals surface area contributed by atoms with Crippen LogP contribution < -0.4 is 5.73 Å². The number of carboxylic acid groups (broad SMARTS) is 1. The van der Waals surface area contributed by atoms with Gasteiger partial charge < -0.3 is 15.7 Å². The number of rotatable bonds is 2. The van der Waals surface area contributed by atoms with E-state index in [1.807, 2.05) is 0 Å². The lowest BCUT2D eigenvalue weighted by molar-refractivity contribution is 0.0873. The second kappa shape index (κ2) is 6.06. The standard InChI is InChI=1S/C17H24N2O2/c18-11-12-6-7-13-8-9-19(17(20)21)16(15(13)10-12)14-4-2-1-3-5-14/h6-7,10,14,16H,1-5,8-9,11,18H2,(H,20,21). The van der Waals surface area contributed by atoms with Gasteiger partial charge in [-0.05, 0) is 41.9 Å². The Kier molecular flexibility index (Phi) is 4.15. The molecule has 3 rings (SSSR count). The van der Waals surface area contributed by atoms with Crippen molar-refractivity contribution in [2.45, 2.75) is 51.1 Å². The number of hydrogen-bond donors (Lipinski definition) is 2. The smallest absolute Gasteiger partial charge is 0.407 e. The van der Waals surface area contributed by atoms with E-state index in [1.54, 1.807) is 4.90 Å². The molecule has 1 aliphatic carbocycles. The van der Waals surface area contributed by atoms with Gasteiger partial charge in [0.25, 0.3) is 0 Å². The van der Waals surface area contributed by atoms with Crippen molar-refractivity contribution in [1.29, 1.82) is 0 Å². The molecule has 114 valence electrons. The van der Waals surface area contributed by atoms with Crippen molar-refractivity contribution in [3.63, 3.8) is 0 Å². The topological polar surface area (TPSA) is 66.6 Å². The highest BCUT2D eigenvalue weighted by Gasteiger charge is 2.36. The number of hydrogen-bond acceptors (Lipinski definition) is 2. The monoisotopic (exact) mass is 288 g/mol. The van der Waals surface area contributed by atoms with Crippen molar-refractivity contribution in [3.05, 3.63) is 34.9 Å². The molecule has 3 N–H and O–H groups in total. The van der Waals surface area contributed by atoms with Crippen LogP contribution in [0, 0.1) is 5.92 Å². The van der Waals surface area contributed by atoms with Gasteiger partial charge in [0, 0.05) is 13.1 Å². The molecule has 0 aromatic heterocycles. The molecule has 1 aromatic carbocycles. The van der Waals surface area contributed by atoms with Crippen molar-refractivity contribution >= 4 is 6.09 Å². The van der Waals surface area contributed by atoms with Gasteiger partial charge in [0.2, 0.25) is 0 Å². The highest BCUT2D eigenvalue weighted by Crippen LogP contribution is 2.42. The van der Waals surface area contributed by atoms with Gasteiger partial charge in [-0.2, -0.15) is 0 Å². The quantitative estimate of drug-likeness (QED) is 0.877. The molecule has 1 aliphatic heterocycles. The van der Waals surface area contributed by atoms with Crippen molar-refractivity contribution in [2.24, 2.45) is 11.7 Å². The molecule has 4 nitrogen and oxygen atoms in total. The van der Waals surface area contributed by atoms with Gasteiger partial charge in [0.05, 0.1) is 6.04 Å². The maximum Gasteiger partial charge on any atom is 0.407 e. The molecular formula is C17H24N2O2. The van der Waals surface area contributed by atoms with Gasteiger partial charge in [-0.25, -0.2) is 4.79 Å². The third-order valence-electron chi connectivity index (χ3n) is 5.06. The van der Waals surface area contributed by atoms with E-state index in [1.165, 1.54) is 30.4 Å². The molecule has 1 aromatic rings. The minimum atomic E-state index is -0.783. The maximum atomic E-state index is 11.7. The Hall–Kier alpha value is -1.55. The molecule has 1 heterocycles. The Balaban J connectivity index is 2.00. The minimum Gasteiger partial charge on any atom is -0.465 e. The minimum absolute atomic E-state index is 0.0260. The van der Waals surface area contributed by atoms with E-state index in [9.17, 15) is 9.90 Å². The molecule has 2 aliphatic rings. The van der Waals surface area contributed by atoms with E-state index in [2.05, 4.69) is 18.2 Å². The summed E-state index contributed by atoms with van der Waals surface area (Å²) in [6, 6.07) is 6.39. The van der Waals surface area contributed by atoms with Crippen LogP contribution in [-0.2, 0) is 13.0 Å². The van der Waals surface area contributed by atoms with E-state index in [0.29, 0.717) is 19.0 Å². The second-order valence-electron chi connectivity index (χ2n) is 6.31. The number of nitrogens with zero attached hydrogens (tertiary/aromatic N) is 1. The van der Waals surface area contributed by atoms with Crippen LogP contribution in [0.1, 0.15) is 54.8 Å². The van der Waals surface area contributed by atoms with E-state index < -0.39 is 6.09 Å². The van der Waals surface area contributed by atoms with Gasteiger partial charge >= 0.3 is 6.09 Å². The summed E-state index contributed by atoms with van der Waals surface area (Å²) < 4.78 is 0. The Bertz CT molecular complexity index is 524. The highest BCUT2D eigenvalue weighted by atomic mass is 16.4. The summed E-state index contributed by atoms with van der Waals surface area (Å²) in [5, 5.41) is 9.59. The van der Waals surface area contributed by atoms with Crippen molar-refractivity contribution in [3.8, 4) is 0 Å². The fourth-order valence-corrected chi connectivity index (χ4v) is 4.00. The molecule has 0 radical (unpaired) electrons. The zero-order valence-electron chi connectivity index (χ0n) is 12.4. The normalized spacial score (nSPS) is 22.9. The Morgan fingerprint density at radius 2 is 2.05 bits per heavy atom. The zero-order valence-corrected chi connectivity index (χ0v) is 12.4. The predicted molar refractivity (Wildman–Crippen MR) is 82.1 cm³/mol. The van der Waals surface area contributed by atoms with Crippen LogP contribution in [0.25, 0.3) is 0 Å². The van der Waals surface area contributed by atoms with Crippen LogP contribution in [0.3, 0.4) is 0 Å². The number of benzene rings is 1. The van der Waals surface area contributed by atoms with E-state index in [4.69, 9.17) is 5.73 Å². The molecule has 1 fully saturated rings. The van der Waals surface area contributed by atoms with Crippen molar-refractivity contribution < 1.29 is 9.90 Å². The third-order valence-corrected chi connectivity index (χ3v) is 5.06. The van der Waals surface area contributed by atoms with Crippen LogP contribution in [0.4, 0.5) is 4.79 Å². The van der Waals surface area contributed by atoms with E-state index in [0.717, 1.165) is 24.8 Å². The summed E-state index contributed by atoms with van der Waals surface area (Å²) in [4.78, 5) is 13.3. The SMILES string of the molecule is NCc1ccc2c(c1)C(C1CCCCC1)N(C(=O)O)CC2. The van der Waals surface area contributed by atoms with Gasteiger partial charge in [-0.1, -0.05) is 37.5 Å². The van der Waals surface area contributed by atoms with Crippen LogP contribution in [0.15, 0.2) is 18.2 Å².